The second-order valence-electron chi connectivity index (χ2n) is 5.69. The molecule has 5 heteroatoms. The minimum absolute atomic E-state index is 0.127. The zero-order chi connectivity index (χ0) is 17.7. The van der Waals surface area contributed by atoms with Gasteiger partial charge >= 0.3 is 12.0 Å². The summed E-state index contributed by atoms with van der Waals surface area (Å²) in [6, 6.07) is 12.7. The van der Waals surface area contributed by atoms with Gasteiger partial charge in [0.2, 0.25) is 0 Å². The molecule has 126 valence electrons. The molecule has 0 saturated carbocycles. The van der Waals surface area contributed by atoms with Crippen LogP contribution < -0.4 is 10.6 Å². The van der Waals surface area contributed by atoms with Gasteiger partial charge in [0.05, 0.1) is 18.7 Å². The van der Waals surface area contributed by atoms with Crippen LogP contribution in [-0.2, 0) is 4.74 Å². The summed E-state index contributed by atoms with van der Waals surface area (Å²) in [6.45, 7) is 5.65. The van der Waals surface area contributed by atoms with E-state index in [9.17, 15) is 9.59 Å². The molecule has 5 nitrogen and oxygen atoms in total. The lowest BCUT2D eigenvalue weighted by molar-refractivity contribution is 0.0600. The van der Waals surface area contributed by atoms with E-state index in [0.29, 0.717) is 11.3 Å². The molecule has 0 spiro atoms. The van der Waals surface area contributed by atoms with Crippen LogP contribution >= 0.6 is 0 Å². The van der Waals surface area contributed by atoms with Crippen LogP contribution in [0.2, 0.25) is 0 Å². The van der Waals surface area contributed by atoms with E-state index in [-0.39, 0.29) is 12.1 Å². The fourth-order valence-electron chi connectivity index (χ4n) is 2.44. The van der Waals surface area contributed by atoms with Gasteiger partial charge in [-0.2, -0.15) is 0 Å². The van der Waals surface area contributed by atoms with Crippen molar-refractivity contribution in [2.75, 3.05) is 12.4 Å². The molecule has 2 N–H and O–H groups in total. The van der Waals surface area contributed by atoms with Crippen LogP contribution in [0.3, 0.4) is 0 Å². The molecule has 1 unspecified atom stereocenters. The SMILES string of the molecule is COC(=O)c1cc(NC(=O)NC(C)c2ccccc2)cc(C)c1C. The molecule has 2 rings (SSSR count). The molecule has 0 bridgehead atoms. The van der Waals surface area contributed by atoms with E-state index in [1.807, 2.05) is 57.2 Å². The van der Waals surface area contributed by atoms with Crippen molar-refractivity contribution < 1.29 is 14.3 Å². The summed E-state index contributed by atoms with van der Waals surface area (Å²) in [6.07, 6.45) is 0. The van der Waals surface area contributed by atoms with Crippen molar-refractivity contribution in [2.45, 2.75) is 26.8 Å². The Hall–Kier alpha value is -2.82. The Morgan fingerprint density at radius 1 is 1.08 bits per heavy atom. The first-order chi connectivity index (χ1) is 11.4. The fraction of sp³-hybridized carbons (Fsp3) is 0.263. The number of hydrogen-bond donors (Lipinski definition) is 2. The standard InChI is InChI=1S/C19H22N2O3/c1-12-10-16(11-17(13(12)2)18(22)24-4)21-19(23)20-14(3)15-8-6-5-7-9-15/h5-11,14H,1-4H3,(H2,20,21,23). The van der Waals surface area contributed by atoms with Gasteiger partial charge in [0, 0.05) is 5.69 Å². The fourth-order valence-corrected chi connectivity index (χ4v) is 2.44. The molecule has 0 aliphatic heterocycles. The number of hydrogen-bond acceptors (Lipinski definition) is 3. The molecule has 2 aromatic rings. The van der Waals surface area contributed by atoms with Gasteiger partial charge in [-0.15, -0.1) is 0 Å². The first-order valence-corrected chi connectivity index (χ1v) is 7.74. The molecule has 2 aromatic carbocycles. The first-order valence-electron chi connectivity index (χ1n) is 7.74. The number of ether oxygens (including phenoxy) is 1. The van der Waals surface area contributed by atoms with Crippen molar-refractivity contribution in [3.05, 3.63) is 64.7 Å². The van der Waals surface area contributed by atoms with Crippen LogP contribution in [-0.4, -0.2) is 19.1 Å². The minimum atomic E-state index is -0.419. The van der Waals surface area contributed by atoms with E-state index >= 15 is 0 Å². The van der Waals surface area contributed by atoms with Crippen molar-refractivity contribution in [1.29, 1.82) is 0 Å². The highest BCUT2D eigenvalue weighted by molar-refractivity contribution is 5.95. The maximum Gasteiger partial charge on any atom is 0.338 e. The molecule has 0 aliphatic carbocycles. The average Bonchev–Trinajstić information content (AvgIpc) is 2.57. The number of rotatable bonds is 4. The summed E-state index contributed by atoms with van der Waals surface area (Å²) in [5, 5.41) is 5.65. The number of aryl methyl sites for hydroxylation is 1. The third-order valence-electron chi connectivity index (χ3n) is 3.98. The van der Waals surface area contributed by atoms with E-state index in [4.69, 9.17) is 4.74 Å². The summed E-state index contributed by atoms with van der Waals surface area (Å²) < 4.78 is 4.79. The van der Waals surface area contributed by atoms with Gasteiger partial charge in [-0.25, -0.2) is 9.59 Å². The number of nitrogens with one attached hydrogen (secondary N) is 2. The normalized spacial score (nSPS) is 11.5. The molecular formula is C19H22N2O3. The lowest BCUT2D eigenvalue weighted by Crippen LogP contribution is -2.31. The van der Waals surface area contributed by atoms with E-state index in [2.05, 4.69) is 10.6 Å². The van der Waals surface area contributed by atoms with Crippen molar-refractivity contribution >= 4 is 17.7 Å². The molecule has 1 atom stereocenters. The number of urea groups is 1. The number of amides is 2. The number of anilines is 1. The summed E-state index contributed by atoms with van der Waals surface area (Å²) >= 11 is 0. The molecule has 0 heterocycles. The Kier molecular flexibility index (Phi) is 5.58. The van der Waals surface area contributed by atoms with Crippen molar-refractivity contribution in [1.82, 2.24) is 5.32 Å². The lowest BCUT2D eigenvalue weighted by Gasteiger charge is -2.16. The third kappa shape index (κ3) is 4.13. The number of carbonyl (C=O) groups excluding carboxylic acids is 2. The topological polar surface area (TPSA) is 67.4 Å². The van der Waals surface area contributed by atoms with E-state index < -0.39 is 5.97 Å². The Labute approximate surface area is 142 Å². The highest BCUT2D eigenvalue weighted by Gasteiger charge is 2.14. The van der Waals surface area contributed by atoms with Gasteiger partial charge in [-0.1, -0.05) is 30.3 Å². The second kappa shape index (κ2) is 7.64. The van der Waals surface area contributed by atoms with E-state index in [1.165, 1.54) is 7.11 Å². The quantitative estimate of drug-likeness (QED) is 0.835. The zero-order valence-corrected chi connectivity index (χ0v) is 14.3. The smallest absolute Gasteiger partial charge is 0.338 e. The summed E-state index contributed by atoms with van der Waals surface area (Å²) in [4.78, 5) is 24.0. The Morgan fingerprint density at radius 3 is 2.38 bits per heavy atom. The summed E-state index contributed by atoms with van der Waals surface area (Å²) in [7, 11) is 1.34. The first kappa shape index (κ1) is 17.5. The van der Waals surface area contributed by atoms with Crippen molar-refractivity contribution in [3.63, 3.8) is 0 Å². The molecular weight excluding hydrogens is 304 g/mol. The maximum absolute atomic E-state index is 12.2. The minimum Gasteiger partial charge on any atom is -0.465 e. The number of benzene rings is 2. The van der Waals surface area contributed by atoms with Crippen LogP contribution in [0.15, 0.2) is 42.5 Å². The highest BCUT2D eigenvalue weighted by atomic mass is 16.5. The van der Waals surface area contributed by atoms with Gasteiger partial charge in [0.25, 0.3) is 0 Å². The number of methoxy groups -OCH3 is 1. The predicted octanol–water partition coefficient (Wildman–Crippen LogP) is 3.97. The van der Waals surface area contributed by atoms with Crippen LogP contribution in [0.25, 0.3) is 0 Å². The van der Waals surface area contributed by atoms with Gasteiger partial charge < -0.3 is 15.4 Å². The van der Waals surface area contributed by atoms with Gasteiger partial charge in [-0.3, -0.25) is 0 Å². The third-order valence-corrected chi connectivity index (χ3v) is 3.98. The molecule has 24 heavy (non-hydrogen) atoms. The number of carbonyl (C=O) groups is 2. The molecule has 0 radical (unpaired) electrons. The highest BCUT2D eigenvalue weighted by Crippen LogP contribution is 2.21. The van der Waals surface area contributed by atoms with Gasteiger partial charge in [0.1, 0.15) is 0 Å². The Morgan fingerprint density at radius 2 is 1.75 bits per heavy atom. The monoisotopic (exact) mass is 326 g/mol. The second-order valence-corrected chi connectivity index (χ2v) is 5.69. The van der Waals surface area contributed by atoms with Gasteiger partial charge in [-0.05, 0) is 49.6 Å². The zero-order valence-electron chi connectivity index (χ0n) is 14.3. The Bertz CT molecular complexity index is 742. The Balaban J connectivity index is 2.11. The molecule has 0 fully saturated rings. The van der Waals surface area contributed by atoms with Crippen LogP contribution in [0.1, 0.15) is 40.0 Å². The largest absolute Gasteiger partial charge is 0.465 e. The van der Waals surface area contributed by atoms with E-state index in [0.717, 1.165) is 16.7 Å². The summed E-state index contributed by atoms with van der Waals surface area (Å²) in [5.41, 5.74) is 3.76. The maximum atomic E-state index is 12.2. The average molecular weight is 326 g/mol. The van der Waals surface area contributed by atoms with Gasteiger partial charge in [0.15, 0.2) is 0 Å². The van der Waals surface area contributed by atoms with Crippen LogP contribution in [0.5, 0.6) is 0 Å². The van der Waals surface area contributed by atoms with Crippen LogP contribution in [0.4, 0.5) is 10.5 Å². The molecule has 0 aliphatic rings. The van der Waals surface area contributed by atoms with Crippen molar-refractivity contribution in [3.8, 4) is 0 Å². The predicted molar refractivity (Wildman–Crippen MR) is 94.3 cm³/mol. The number of esters is 1. The molecule has 2 amide bonds. The lowest BCUT2D eigenvalue weighted by atomic mass is 10.0. The van der Waals surface area contributed by atoms with Crippen LogP contribution in [0, 0.1) is 13.8 Å². The molecule has 0 aromatic heterocycles. The summed E-state index contributed by atoms with van der Waals surface area (Å²) in [5.74, 6) is -0.419. The van der Waals surface area contributed by atoms with E-state index in [1.54, 1.807) is 6.07 Å². The molecule has 0 saturated heterocycles. The van der Waals surface area contributed by atoms with Crippen molar-refractivity contribution in [2.24, 2.45) is 0 Å².